The normalized spacial score (nSPS) is 15.0. The first-order valence-corrected chi connectivity index (χ1v) is 13.0. The molecule has 9 heteroatoms. The second kappa shape index (κ2) is 11.6. The summed E-state index contributed by atoms with van der Waals surface area (Å²) >= 11 is 0. The molecule has 0 fully saturated rings. The zero-order valence-corrected chi connectivity index (χ0v) is 22.3. The third-order valence-corrected chi connectivity index (χ3v) is 6.92. The van der Waals surface area contributed by atoms with Gasteiger partial charge in [0.25, 0.3) is 11.8 Å². The molecule has 208 valence electrons. The van der Waals surface area contributed by atoms with Gasteiger partial charge in [-0.25, -0.2) is 14.5 Å². The first-order chi connectivity index (χ1) is 19.8. The molecule has 0 aromatic heterocycles. The Balaban J connectivity index is 1.20. The molecule has 0 bridgehead atoms. The van der Waals surface area contributed by atoms with E-state index < -0.39 is 30.4 Å². The molecule has 5 rings (SSSR count). The summed E-state index contributed by atoms with van der Waals surface area (Å²) < 4.78 is 16.4. The van der Waals surface area contributed by atoms with Crippen LogP contribution in [0.5, 0.6) is 11.5 Å². The van der Waals surface area contributed by atoms with E-state index in [2.05, 4.69) is 13.5 Å². The number of aliphatic hydroxyl groups is 1. The Bertz CT molecular complexity index is 1570. The Hall–Kier alpha value is -5.02. The number of esters is 2. The van der Waals surface area contributed by atoms with Crippen molar-refractivity contribution in [2.45, 2.75) is 19.3 Å². The highest BCUT2D eigenvalue weighted by molar-refractivity contribution is 6.28. The van der Waals surface area contributed by atoms with Crippen molar-refractivity contribution in [2.75, 3.05) is 24.7 Å². The van der Waals surface area contributed by atoms with E-state index in [1.165, 1.54) is 24.3 Å². The number of hydrogen-bond donors (Lipinski definition) is 1. The van der Waals surface area contributed by atoms with Gasteiger partial charge in [-0.05, 0) is 70.8 Å². The molecule has 1 aliphatic carbocycles. The molecule has 1 aliphatic heterocycles. The smallest absolute Gasteiger partial charge is 0.343 e. The van der Waals surface area contributed by atoms with Gasteiger partial charge in [0.15, 0.2) is 0 Å². The lowest BCUT2D eigenvalue weighted by atomic mass is 9.98. The van der Waals surface area contributed by atoms with Crippen molar-refractivity contribution in [1.82, 2.24) is 0 Å². The molecule has 3 aromatic rings. The van der Waals surface area contributed by atoms with Crippen LogP contribution in [-0.2, 0) is 19.1 Å². The van der Waals surface area contributed by atoms with Crippen LogP contribution in [-0.4, -0.2) is 48.7 Å². The predicted molar refractivity (Wildman–Crippen MR) is 150 cm³/mol. The maximum atomic E-state index is 12.9. The number of nitrogens with zero attached hydrogens (tertiary/aromatic N) is 1. The molecule has 1 unspecified atom stereocenters. The fraction of sp³-hybridized carbons (Fsp3) is 0.188. The monoisotopic (exact) mass is 553 g/mol. The van der Waals surface area contributed by atoms with Crippen LogP contribution in [0.2, 0.25) is 0 Å². The maximum Gasteiger partial charge on any atom is 0.343 e. The number of benzene rings is 3. The number of amides is 2. The van der Waals surface area contributed by atoms with Crippen LogP contribution < -0.4 is 14.4 Å². The van der Waals surface area contributed by atoms with Crippen molar-refractivity contribution in [1.29, 1.82) is 0 Å². The molecule has 2 amide bonds. The molecule has 2 aliphatic rings. The summed E-state index contributed by atoms with van der Waals surface area (Å²) in [5.41, 5.74) is 4.97. The summed E-state index contributed by atoms with van der Waals surface area (Å²) in [5.74, 6) is -0.991. The predicted octanol–water partition coefficient (Wildman–Crippen LogP) is 4.33. The number of rotatable bonds is 10. The van der Waals surface area contributed by atoms with Gasteiger partial charge < -0.3 is 19.3 Å². The van der Waals surface area contributed by atoms with Crippen LogP contribution in [0.1, 0.15) is 40.7 Å². The number of imide groups is 1. The second-order valence-electron chi connectivity index (χ2n) is 9.60. The van der Waals surface area contributed by atoms with Gasteiger partial charge in [0.05, 0.1) is 36.6 Å². The van der Waals surface area contributed by atoms with Gasteiger partial charge in [-0.2, -0.15) is 0 Å². The molecule has 0 saturated heterocycles. The summed E-state index contributed by atoms with van der Waals surface area (Å²) in [5, 5.41) is 8.91. The minimum atomic E-state index is -0.622. The lowest BCUT2D eigenvalue weighted by Gasteiger charge is -2.14. The number of carbonyl (C=O) groups is 4. The SMILES string of the molecule is C=C(CO)C(=O)OCCCOc1ccc2c(c1)C(C)c1cc(C(=O)Oc3ccc(N4C(=O)C=CC4=O)cc3)ccc1-2. The van der Waals surface area contributed by atoms with Crippen LogP contribution in [0, 0.1) is 0 Å². The number of carbonyl (C=O) groups excluding carboxylic acids is 4. The van der Waals surface area contributed by atoms with Crippen molar-refractivity contribution in [3.8, 4) is 22.6 Å². The second-order valence-corrected chi connectivity index (χ2v) is 9.60. The highest BCUT2D eigenvalue weighted by atomic mass is 16.5. The van der Waals surface area contributed by atoms with Crippen molar-refractivity contribution in [2.24, 2.45) is 0 Å². The number of ether oxygens (including phenoxy) is 3. The summed E-state index contributed by atoms with van der Waals surface area (Å²) in [4.78, 5) is 49.3. The van der Waals surface area contributed by atoms with Gasteiger partial charge in [-0.15, -0.1) is 0 Å². The summed E-state index contributed by atoms with van der Waals surface area (Å²) in [6, 6.07) is 17.5. The van der Waals surface area contributed by atoms with Crippen LogP contribution in [0.25, 0.3) is 11.1 Å². The fourth-order valence-electron chi connectivity index (χ4n) is 4.76. The zero-order chi connectivity index (χ0) is 29.1. The fourth-order valence-corrected chi connectivity index (χ4v) is 4.76. The van der Waals surface area contributed by atoms with Gasteiger partial charge >= 0.3 is 11.9 Å². The summed E-state index contributed by atoms with van der Waals surface area (Å²) in [6.07, 6.45) is 2.90. The molecular formula is C32H27NO8. The first-order valence-electron chi connectivity index (χ1n) is 13.0. The standard InChI is InChI=1S/C32H27NO8/c1-19(18-34)31(37)40-15-3-14-39-24-9-11-26-25-10-4-21(16-27(25)20(2)28(26)17-24)32(38)41-23-7-5-22(6-8-23)33-29(35)12-13-30(33)36/h4-13,16-17,20,34H,1,3,14-15,18H2,2H3. The van der Waals surface area contributed by atoms with E-state index in [1.807, 2.05) is 30.3 Å². The van der Waals surface area contributed by atoms with Crippen molar-refractivity contribution in [3.05, 3.63) is 102 Å². The quantitative estimate of drug-likeness (QED) is 0.130. The Morgan fingerprint density at radius 3 is 2.20 bits per heavy atom. The lowest BCUT2D eigenvalue weighted by Crippen LogP contribution is -2.29. The number of aliphatic hydroxyl groups excluding tert-OH is 1. The van der Waals surface area contributed by atoms with E-state index in [1.54, 1.807) is 18.2 Å². The molecular weight excluding hydrogens is 526 g/mol. The Labute approximate surface area is 236 Å². The van der Waals surface area contributed by atoms with E-state index in [0.717, 1.165) is 27.2 Å². The average molecular weight is 554 g/mol. The largest absolute Gasteiger partial charge is 0.493 e. The van der Waals surface area contributed by atoms with Gasteiger partial charge in [-0.3, -0.25) is 9.59 Å². The molecule has 3 aromatic carbocycles. The molecule has 1 N–H and O–H groups in total. The van der Waals surface area contributed by atoms with Crippen molar-refractivity contribution >= 4 is 29.4 Å². The third kappa shape index (κ3) is 5.66. The molecule has 1 atom stereocenters. The van der Waals surface area contributed by atoms with E-state index >= 15 is 0 Å². The maximum absolute atomic E-state index is 12.9. The minimum Gasteiger partial charge on any atom is -0.493 e. The summed E-state index contributed by atoms with van der Waals surface area (Å²) in [7, 11) is 0. The zero-order valence-electron chi connectivity index (χ0n) is 22.3. The van der Waals surface area contributed by atoms with E-state index in [-0.39, 0.29) is 23.8 Å². The van der Waals surface area contributed by atoms with Crippen LogP contribution in [0.4, 0.5) is 5.69 Å². The topological polar surface area (TPSA) is 119 Å². The van der Waals surface area contributed by atoms with Crippen LogP contribution in [0.3, 0.4) is 0 Å². The number of fused-ring (bicyclic) bond motifs is 3. The van der Waals surface area contributed by atoms with Crippen molar-refractivity contribution in [3.63, 3.8) is 0 Å². The van der Waals surface area contributed by atoms with Gasteiger partial charge in [0.1, 0.15) is 11.5 Å². The number of hydrogen-bond acceptors (Lipinski definition) is 8. The molecule has 0 spiro atoms. The lowest BCUT2D eigenvalue weighted by molar-refractivity contribution is -0.139. The summed E-state index contributed by atoms with van der Waals surface area (Å²) in [6.45, 7) is 5.55. The van der Waals surface area contributed by atoms with Gasteiger partial charge in [0.2, 0.25) is 0 Å². The first kappa shape index (κ1) is 27.5. The molecule has 9 nitrogen and oxygen atoms in total. The highest BCUT2D eigenvalue weighted by Crippen LogP contribution is 2.46. The van der Waals surface area contributed by atoms with Crippen LogP contribution >= 0.6 is 0 Å². The van der Waals surface area contributed by atoms with Gasteiger partial charge in [0, 0.05) is 24.5 Å². The van der Waals surface area contributed by atoms with Gasteiger partial charge in [-0.1, -0.05) is 25.6 Å². The Morgan fingerprint density at radius 2 is 1.51 bits per heavy atom. The Morgan fingerprint density at radius 1 is 0.878 bits per heavy atom. The third-order valence-electron chi connectivity index (χ3n) is 6.92. The van der Waals surface area contributed by atoms with Crippen molar-refractivity contribution < 1.29 is 38.5 Å². The van der Waals surface area contributed by atoms with E-state index in [9.17, 15) is 19.2 Å². The molecule has 41 heavy (non-hydrogen) atoms. The minimum absolute atomic E-state index is 0.0107. The Kier molecular flexibility index (Phi) is 7.80. The van der Waals surface area contributed by atoms with E-state index in [0.29, 0.717) is 30.0 Å². The average Bonchev–Trinajstić information content (AvgIpc) is 3.47. The highest BCUT2D eigenvalue weighted by Gasteiger charge is 2.28. The molecule has 0 saturated carbocycles. The molecule has 0 radical (unpaired) electrons. The van der Waals surface area contributed by atoms with E-state index in [4.69, 9.17) is 19.3 Å². The van der Waals surface area contributed by atoms with Crippen LogP contribution in [0.15, 0.2) is 85.0 Å². The number of anilines is 1. The molecule has 1 heterocycles.